The van der Waals surface area contributed by atoms with Gasteiger partial charge in [-0.2, -0.15) is 0 Å². The van der Waals surface area contributed by atoms with Gasteiger partial charge in [-0.25, -0.2) is 0 Å². The molecule has 5 heteroatoms. The van der Waals surface area contributed by atoms with Crippen molar-refractivity contribution in [3.63, 3.8) is 0 Å². The van der Waals surface area contributed by atoms with E-state index in [0.29, 0.717) is 37.4 Å². The number of nitrogens with zero attached hydrogens (tertiary/aromatic N) is 1. The molecule has 0 aliphatic rings. The van der Waals surface area contributed by atoms with Gasteiger partial charge in [-0.15, -0.1) is 0 Å². The number of carbonyl (C=O) groups is 2. The first-order valence-corrected chi connectivity index (χ1v) is 10.8. The van der Waals surface area contributed by atoms with Crippen molar-refractivity contribution < 1.29 is 9.59 Å². The quantitative estimate of drug-likeness (QED) is 0.608. The second-order valence-electron chi connectivity index (χ2n) is 7.14. The van der Waals surface area contributed by atoms with Crippen LogP contribution in [0.3, 0.4) is 0 Å². The second-order valence-corrected chi connectivity index (χ2v) is 7.57. The van der Waals surface area contributed by atoms with Crippen molar-refractivity contribution in [2.45, 2.75) is 59.0 Å². The van der Waals surface area contributed by atoms with E-state index in [1.54, 1.807) is 4.90 Å². The van der Waals surface area contributed by atoms with Crippen molar-refractivity contribution in [3.8, 4) is 0 Å². The first-order valence-electron chi connectivity index (χ1n) is 10.4. The third-order valence-corrected chi connectivity index (χ3v) is 5.31. The van der Waals surface area contributed by atoms with E-state index in [2.05, 4.69) is 36.5 Å². The number of halogens is 1. The Hall–Kier alpha value is -2.33. The lowest BCUT2D eigenvalue weighted by molar-refractivity contribution is -0.141. The number of likely N-dealkylation sites (N-methyl/N-ethyl adjacent to an activating group) is 1. The van der Waals surface area contributed by atoms with Crippen LogP contribution in [0.4, 0.5) is 0 Å². The zero-order valence-electron chi connectivity index (χ0n) is 17.6. The lowest BCUT2D eigenvalue weighted by Crippen LogP contribution is -2.49. The molecule has 2 aromatic carbocycles. The van der Waals surface area contributed by atoms with E-state index in [-0.39, 0.29) is 11.8 Å². The van der Waals surface area contributed by atoms with Crippen molar-refractivity contribution in [2.24, 2.45) is 0 Å². The number of carbonyl (C=O) groups excluding carboxylic acids is 2. The maximum absolute atomic E-state index is 13.1. The average molecular weight is 415 g/mol. The summed E-state index contributed by atoms with van der Waals surface area (Å²) in [5.74, 6) is -0.123. The fourth-order valence-electron chi connectivity index (χ4n) is 3.33. The van der Waals surface area contributed by atoms with Crippen LogP contribution < -0.4 is 5.32 Å². The normalized spacial score (nSPS) is 11.7. The molecule has 156 valence electrons. The maximum Gasteiger partial charge on any atom is 0.242 e. The molecule has 1 N–H and O–H groups in total. The molecule has 0 saturated carbocycles. The summed E-state index contributed by atoms with van der Waals surface area (Å²) >= 11 is 5.99. The summed E-state index contributed by atoms with van der Waals surface area (Å²) < 4.78 is 0. The van der Waals surface area contributed by atoms with Crippen molar-refractivity contribution in [2.75, 3.05) is 6.54 Å². The largest absolute Gasteiger partial charge is 0.355 e. The van der Waals surface area contributed by atoms with Gasteiger partial charge in [-0.1, -0.05) is 61.8 Å². The molecule has 0 heterocycles. The predicted octanol–water partition coefficient (Wildman–Crippen LogP) is 4.78. The highest BCUT2D eigenvalue weighted by Gasteiger charge is 2.28. The van der Waals surface area contributed by atoms with Crippen LogP contribution in [0.5, 0.6) is 0 Å². The van der Waals surface area contributed by atoms with E-state index < -0.39 is 6.04 Å². The molecule has 0 aliphatic heterocycles. The van der Waals surface area contributed by atoms with Gasteiger partial charge in [0.15, 0.2) is 0 Å². The third kappa shape index (κ3) is 6.90. The van der Waals surface area contributed by atoms with Crippen LogP contribution in [-0.2, 0) is 29.0 Å². The molecule has 29 heavy (non-hydrogen) atoms. The molecule has 2 aromatic rings. The number of rotatable bonds is 10. The molecule has 0 radical (unpaired) electrons. The summed E-state index contributed by atoms with van der Waals surface area (Å²) in [6.07, 6.45) is 2.59. The molecule has 0 aliphatic carbocycles. The molecule has 0 unspecified atom stereocenters. The Morgan fingerprint density at radius 3 is 2.07 bits per heavy atom. The topological polar surface area (TPSA) is 49.4 Å². The van der Waals surface area contributed by atoms with Crippen LogP contribution >= 0.6 is 11.6 Å². The van der Waals surface area contributed by atoms with Gasteiger partial charge in [0.05, 0.1) is 0 Å². The first-order chi connectivity index (χ1) is 14.0. The summed E-state index contributed by atoms with van der Waals surface area (Å²) in [4.78, 5) is 27.4. The zero-order valence-corrected chi connectivity index (χ0v) is 18.3. The Balaban J connectivity index is 2.15. The summed E-state index contributed by atoms with van der Waals surface area (Å²) in [5.41, 5.74) is 3.37. The van der Waals surface area contributed by atoms with Gasteiger partial charge in [-0.3, -0.25) is 9.59 Å². The first kappa shape index (κ1) is 23.0. The van der Waals surface area contributed by atoms with Crippen LogP contribution in [0, 0.1) is 0 Å². The minimum absolute atomic E-state index is 0.0161. The minimum atomic E-state index is -0.486. The van der Waals surface area contributed by atoms with Crippen LogP contribution in [-0.4, -0.2) is 29.3 Å². The van der Waals surface area contributed by atoms with Crippen LogP contribution in [0.25, 0.3) is 0 Å². The van der Waals surface area contributed by atoms with E-state index >= 15 is 0 Å². The summed E-state index contributed by atoms with van der Waals surface area (Å²) in [6, 6.07) is 15.3. The monoisotopic (exact) mass is 414 g/mol. The standard InChI is InChI=1S/C24H31ClN2O2/c1-4-18-7-9-19(10-8-18)13-16-23(28)27(22(5-2)24(29)26-6-3)17-20-11-14-21(25)15-12-20/h7-12,14-15,22H,4-6,13,16-17H2,1-3H3,(H,26,29)/t22-/m1/s1. The van der Waals surface area contributed by atoms with Gasteiger partial charge in [-0.05, 0) is 55.0 Å². The van der Waals surface area contributed by atoms with Gasteiger partial charge >= 0.3 is 0 Å². The highest BCUT2D eigenvalue weighted by Crippen LogP contribution is 2.17. The number of amides is 2. The van der Waals surface area contributed by atoms with Gasteiger partial charge in [0.1, 0.15) is 6.04 Å². The average Bonchev–Trinajstić information content (AvgIpc) is 2.73. The van der Waals surface area contributed by atoms with E-state index in [4.69, 9.17) is 11.6 Å². The zero-order chi connectivity index (χ0) is 21.2. The Morgan fingerprint density at radius 1 is 0.931 bits per heavy atom. The second kappa shape index (κ2) is 11.6. The molecule has 2 rings (SSSR count). The van der Waals surface area contributed by atoms with E-state index in [1.165, 1.54) is 5.56 Å². The summed E-state index contributed by atoms with van der Waals surface area (Å²) in [5, 5.41) is 3.51. The molecule has 2 amide bonds. The van der Waals surface area contributed by atoms with Crippen LogP contribution in [0.2, 0.25) is 5.02 Å². The van der Waals surface area contributed by atoms with E-state index in [9.17, 15) is 9.59 Å². The number of aryl methyl sites for hydroxylation is 2. The molecule has 0 aromatic heterocycles. The Bertz CT molecular complexity index is 788. The van der Waals surface area contributed by atoms with Crippen LogP contribution in [0.1, 0.15) is 50.3 Å². The van der Waals surface area contributed by atoms with E-state index in [0.717, 1.165) is 17.5 Å². The number of hydrogen-bond donors (Lipinski definition) is 1. The smallest absolute Gasteiger partial charge is 0.242 e. The highest BCUT2D eigenvalue weighted by atomic mass is 35.5. The SMILES string of the molecule is CCNC(=O)[C@@H](CC)N(Cc1ccc(Cl)cc1)C(=O)CCc1ccc(CC)cc1. The van der Waals surface area contributed by atoms with Crippen molar-refractivity contribution in [1.82, 2.24) is 10.2 Å². The van der Waals surface area contributed by atoms with Gasteiger partial charge in [0, 0.05) is 24.5 Å². The van der Waals surface area contributed by atoms with Crippen molar-refractivity contribution in [3.05, 3.63) is 70.2 Å². The lowest BCUT2D eigenvalue weighted by Gasteiger charge is -2.30. The van der Waals surface area contributed by atoms with Crippen molar-refractivity contribution in [1.29, 1.82) is 0 Å². The highest BCUT2D eigenvalue weighted by molar-refractivity contribution is 6.30. The molecular formula is C24H31ClN2O2. The predicted molar refractivity (Wildman–Crippen MR) is 119 cm³/mol. The number of nitrogens with one attached hydrogen (secondary N) is 1. The lowest BCUT2D eigenvalue weighted by atomic mass is 10.0. The van der Waals surface area contributed by atoms with Gasteiger partial charge in [0.2, 0.25) is 11.8 Å². The fourth-order valence-corrected chi connectivity index (χ4v) is 3.46. The van der Waals surface area contributed by atoms with Gasteiger partial charge < -0.3 is 10.2 Å². The summed E-state index contributed by atoms with van der Waals surface area (Å²) in [6.45, 7) is 6.88. The number of hydrogen-bond acceptors (Lipinski definition) is 2. The Kier molecular flexibility index (Phi) is 9.20. The molecule has 4 nitrogen and oxygen atoms in total. The van der Waals surface area contributed by atoms with Gasteiger partial charge in [0.25, 0.3) is 0 Å². The molecule has 0 fully saturated rings. The Labute approximate surface area is 179 Å². The minimum Gasteiger partial charge on any atom is -0.355 e. The molecule has 0 saturated heterocycles. The molecule has 0 spiro atoms. The number of benzene rings is 2. The maximum atomic E-state index is 13.1. The summed E-state index contributed by atoms with van der Waals surface area (Å²) in [7, 11) is 0. The molecular weight excluding hydrogens is 384 g/mol. The molecule has 1 atom stereocenters. The van der Waals surface area contributed by atoms with Crippen molar-refractivity contribution >= 4 is 23.4 Å². The Morgan fingerprint density at radius 2 is 1.52 bits per heavy atom. The van der Waals surface area contributed by atoms with Crippen LogP contribution in [0.15, 0.2) is 48.5 Å². The third-order valence-electron chi connectivity index (χ3n) is 5.06. The van der Waals surface area contributed by atoms with E-state index in [1.807, 2.05) is 38.1 Å². The molecule has 0 bridgehead atoms. The fraction of sp³-hybridized carbons (Fsp3) is 0.417.